The number of nitrogens with zero attached hydrogens (tertiary/aromatic N) is 4. The number of rotatable bonds is 6. The number of imidazole rings is 1. The molecule has 0 spiro atoms. The van der Waals surface area contributed by atoms with E-state index in [1.54, 1.807) is 0 Å². The number of primary amides is 1. The summed E-state index contributed by atoms with van der Waals surface area (Å²) >= 11 is 0. The molecule has 9 heteroatoms. The van der Waals surface area contributed by atoms with E-state index in [4.69, 9.17) is 5.73 Å². The Bertz CT molecular complexity index is 381. The van der Waals surface area contributed by atoms with E-state index in [-0.39, 0.29) is 23.3 Å². The average molecular weight is 246 g/mol. The third-order valence-corrected chi connectivity index (χ3v) is 2.06. The molecule has 1 rings (SSSR count). The van der Waals surface area contributed by atoms with Gasteiger partial charge in [-0.2, -0.15) is 0 Å². The first-order valence-corrected chi connectivity index (χ1v) is 5.35. The van der Waals surface area contributed by atoms with Crippen molar-refractivity contribution in [3.05, 3.63) is 12.0 Å². The van der Waals surface area contributed by atoms with Crippen LogP contribution in [-0.4, -0.2) is 33.8 Å². The molecule has 0 aliphatic rings. The van der Waals surface area contributed by atoms with Crippen LogP contribution in [0, 0.1) is 0 Å². The van der Waals surface area contributed by atoms with Crippen LogP contribution >= 0.6 is 9.24 Å². The van der Waals surface area contributed by atoms with Gasteiger partial charge in [0.2, 0.25) is 5.82 Å². The molecule has 0 bridgehead atoms. The van der Waals surface area contributed by atoms with Gasteiger partial charge in [0.25, 0.3) is 5.91 Å². The number of carbonyl (C=O) groups is 1. The van der Waals surface area contributed by atoms with Gasteiger partial charge in [0, 0.05) is 0 Å². The Hall–Kier alpha value is -1.56. The second kappa shape index (κ2) is 6.12. The number of amides is 1. The standard InChI is InChI=1S/C7H12FN6OP/c8-14(2-1-3-16)13-12-7-5(6(9)15)10-4-11-7/h4H,1-3,16H2,(H2,9,15)(H,10,11). The normalized spacial score (nSPS) is 10.9. The number of hydrogen-bond donors (Lipinski definition) is 2. The molecule has 1 atom stereocenters. The monoisotopic (exact) mass is 246 g/mol. The third-order valence-electron chi connectivity index (χ3n) is 1.65. The number of aromatic amines is 1. The number of nitrogens with two attached hydrogens (primary N) is 1. The van der Waals surface area contributed by atoms with Crippen molar-refractivity contribution in [2.45, 2.75) is 6.42 Å². The van der Waals surface area contributed by atoms with Crippen molar-refractivity contribution in [2.24, 2.45) is 16.1 Å². The van der Waals surface area contributed by atoms with E-state index >= 15 is 0 Å². The zero-order chi connectivity index (χ0) is 12.0. The summed E-state index contributed by atoms with van der Waals surface area (Å²) in [4.78, 5) is 17.0. The molecule has 7 nitrogen and oxygen atoms in total. The van der Waals surface area contributed by atoms with Crippen LogP contribution in [-0.2, 0) is 0 Å². The van der Waals surface area contributed by atoms with E-state index in [1.165, 1.54) is 6.33 Å². The Morgan fingerprint density at radius 3 is 3.12 bits per heavy atom. The van der Waals surface area contributed by atoms with Crippen molar-refractivity contribution in [3.8, 4) is 0 Å². The zero-order valence-electron chi connectivity index (χ0n) is 8.43. The number of nitrogens with one attached hydrogen (secondary N) is 1. The van der Waals surface area contributed by atoms with Crippen LogP contribution in [0.2, 0.25) is 0 Å². The fourth-order valence-electron chi connectivity index (χ4n) is 0.902. The van der Waals surface area contributed by atoms with Gasteiger partial charge in [-0.1, -0.05) is 4.48 Å². The minimum absolute atomic E-state index is 0.00296. The summed E-state index contributed by atoms with van der Waals surface area (Å²) in [6.45, 7) is 0.128. The molecule has 0 saturated carbocycles. The van der Waals surface area contributed by atoms with Gasteiger partial charge in [0.05, 0.1) is 12.9 Å². The van der Waals surface area contributed by atoms with E-state index in [2.05, 4.69) is 29.5 Å². The minimum atomic E-state index is -0.721. The molecule has 0 aromatic carbocycles. The molecule has 0 saturated heterocycles. The Morgan fingerprint density at radius 1 is 1.75 bits per heavy atom. The van der Waals surface area contributed by atoms with Crippen LogP contribution in [0.25, 0.3) is 0 Å². The summed E-state index contributed by atoms with van der Waals surface area (Å²) in [5.41, 5.74) is 5.03. The first kappa shape index (κ1) is 12.5. The van der Waals surface area contributed by atoms with E-state index in [9.17, 15) is 9.28 Å². The predicted molar refractivity (Wildman–Crippen MR) is 58.6 cm³/mol. The molecule has 0 aliphatic carbocycles. The van der Waals surface area contributed by atoms with Crippen LogP contribution in [0.3, 0.4) is 0 Å². The number of halogens is 1. The Balaban J connectivity index is 2.61. The number of H-pyrrole nitrogens is 1. The lowest BCUT2D eigenvalue weighted by Crippen LogP contribution is -2.11. The topological polar surface area (TPSA) is 99.7 Å². The highest BCUT2D eigenvalue weighted by Gasteiger charge is 2.10. The third kappa shape index (κ3) is 3.54. The molecular weight excluding hydrogens is 234 g/mol. The summed E-state index contributed by atoms with van der Waals surface area (Å²) in [5.74, 6) is -0.747. The van der Waals surface area contributed by atoms with Gasteiger partial charge in [-0.3, -0.25) is 4.79 Å². The van der Waals surface area contributed by atoms with Gasteiger partial charge in [0.15, 0.2) is 5.69 Å². The van der Waals surface area contributed by atoms with Crippen molar-refractivity contribution in [1.82, 2.24) is 15.2 Å². The van der Waals surface area contributed by atoms with Gasteiger partial charge >= 0.3 is 0 Å². The molecule has 1 heterocycles. The zero-order valence-corrected chi connectivity index (χ0v) is 9.58. The van der Waals surface area contributed by atoms with Crippen molar-refractivity contribution in [2.75, 3.05) is 12.7 Å². The van der Waals surface area contributed by atoms with Crippen LogP contribution in [0.1, 0.15) is 16.9 Å². The molecule has 0 aliphatic heterocycles. The highest BCUT2D eigenvalue weighted by Crippen LogP contribution is 2.13. The molecule has 16 heavy (non-hydrogen) atoms. The summed E-state index contributed by atoms with van der Waals surface area (Å²) in [6, 6.07) is 0. The molecule has 0 fully saturated rings. The van der Waals surface area contributed by atoms with Gasteiger partial charge in [-0.05, 0) is 17.8 Å². The molecular formula is C7H12FN6OP. The maximum Gasteiger partial charge on any atom is 0.269 e. The second-order valence-electron chi connectivity index (χ2n) is 2.86. The van der Waals surface area contributed by atoms with Crippen molar-refractivity contribution >= 4 is 21.0 Å². The van der Waals surface area contributed by atoms with E-state index in [1.807, 2.05) is 0 Å². The van der Waals surface area contributed by atoms with Gasteiger partial charge in [0.1, 0.15) is 0 Å². The highest BCUT2D eigenvalue weighted by atomic mass is 31.0. The summed E-state index contributed by atoms with van der Waals surface area (Å²) < 4.78 is 12.9. The summed E-state index contributed by atoms with van der Waals surface area (Å²) in [5, 5.41) is 6.89. The lowest BCUT2D eigenvalue weighted by Gasteiger charge is -2.02. The maximum absolute atomic E-state index is 12.9. The molecule has 1 aromatic rings. The predicted octanol–water partition coefficient (Wildman–Crippen LogP) is 0.959. The van der Waals surface area contributed by atoms with Crippen LogP contribution in [0.4, 0.5) is 10.3 Å². The van der Waals surface area contributed by atoms with Gasteiger partial charge < -0.3 is 10.7 Å². The average Bonchev–Trinajstić information content (AvgIpc) is 2.71. The molecule has 1 aromatic heterocycles. The van der Waals surface area contributed by atoms with Crippen molar-refractivity contribution < 1.29 is 9.28 Å². The van der Waals surface area contributed by atoms with Crippen molar-refractivity contribution in [1.29, 1.82) is 0 Å². The molecule has 3 N–H and O–H groups in total. The van der Waals surface area contributed by atoms with Crippen molar-refractivity contribution in [3.63, 3.8) is 0 Å². The number of aromatic nitrogens is 2. The number of carbonyl (C=O) groups excluding carboxylic acids is 1. The quantitative estimate of drug-likeness (QED) is 0.338. The van der Waals surface area contributed by atoms with Crippen LogP contribution < -0.4 is 5.73 Å². The van der Waals surface area contributed by atoms with E-state index < -0.39 is 5.91 Å². The second-order valence-corrected chi connectivity index (χ2v) is 3.43. The lowest BCUT2D eigenvalue weighted by atomic mass is 10.4. The van der Waals surface area contributed by atoms with Gasteiger partial charge in [-0.15, -0.1) is 19.6 Å². The Labute approximate surface area is 93.4 Å². The maximum atomic E-state index is 12.9. The first-order chi connectivity index (χ1) is 7.65. The largest absolute Gasteiger partial charge is 0.364 e. The Morgan fingerprint density at radius 2 is 2.50 bits per heavy atom. The highest BCUT2D eigenvalue weighted by molar-refractivity contribution is 7.16. The summed E-state index contributed by atoms with van der Waals surface area (Å²) in [6.07, 6.45) is 2.63. The number of hydrogen-bond acceptors (Lipinski definition) is 4. The first-order valence-electron chi connectivity index (χ1n) is 4.53. The lowest BCUT2D eigenvalue weighted by molar-refractivity contribution is 0.0192. The van der Waals surface area contributed by atoms with Gasteiger partial charge in [-0.25, -0.2) is 4.98 Å². The molecule has 1 amide bonds. The van der Waals surface area contributed by atoms with E-state index in [0.717, 1.165) is 6.16 Å². The molecule has 0 radical (unpaired) electrons. The fraction of sp³-hybridized carbons (Fsp3) is 0.429. The van der Waals surface area contributed by atoms with Crippen LogP contribution in [0.15, 0.2) is 16.7 Å². The molecule has 88 valence electrons. The fourth-order valence-corrected chi connectivity index (χ4v) is 1.08. The minimum Gasteiger partial charge on any atom is -0.364 e. The van der Waals surface area contributed by atoms with E-state index in [0.29, 0.717) is 6.42 Å². The molecule has 1 unspecified atom stereocenters. The summed E-state index contributed by atoms with van der Waals surface area (Å²) in [7, 11) is 2.48. The smallest absolute Gasteiger partial charge is 0.269 e. The SMILES string of the molecule is NC(=O)c1[nH]cnc1N=NN(F)CCCP. The Kier molecular flexibility index (Phi) is 4.78. The van der Waals surface area contributed by atoms with Crippen LogP contribution in [0.5, 0.6) is 0 Å².